The molecule has 1 aliphatic rings. The topological polar surface area (TPSA) is 47.6 Å². The van der Waals surface area contributed by atoms with Gasteiger partial charge < -0.3 is 14.8 Å². The van der Waals surface area contributed by atoms with Crippen LogP contribution in [0.5, 0.6) is 11.5 Å². The van der Waals surface area contributed by atoms with E-state index < -0.39 is 0 Å². The van der Waals surface area contributed by atoms with Crippen LogP contribution in [0.25, 0.3) is 0 Å². The summed E-state index contributed by atoms with van der Waals surface area (Å²) in [6.07, 6.45) is 0.944. The van der Waals surface area contributed by atoms with Crippen LogP contribution in [0, 0.1) is 12.7 Å². The van der Waals surface area contributed by atoms with Gasteiger partial charge in [-0.1, -0.05) is 6.07 Å². The third kappa shape index (κ3) is 3.19. The number of amides is 1. The van der Waals surface area contributed by atoms with Crippen molar-refractivity contribution in [3.63, 3.8) is 0 Å². The lowest BCUT2D eigenvalue weighted by molar-refractivity contribution is -0.116. The van der Waals surface area contributed by atoms with Crippen LogP contribution >= 0.6 is 0 Å². The highest BCUT2D eigenvalue weighted by Crippen LogP contribution is 2.32. The van der Waals surface area contributed by atoms with Crippen molar-refractivity contribution in [2.24, 2.45) is 0 Å². The lowest BCUT2D eigenvalue weighted by Crippen LogP contribution is -2.13. The lowest BCUT2D eigenvalue weighted by atomic mass is 10.1. The van der Waals surface area contributed by atoms with Gasteiger partial charge in [0.2, 0.25) is 12.7 Å². The van der Waals surface area contributed by atoms with Crippen LogP contribution in [-0.4, -0.2) is 12.7 Å². The molecule has 1 aliphatic heterocycles. The van der Waals surface area contributed by atoms with Crippen molar-refractivity contribution in [1.29, 1.82) is 0 Å². The molecular formula is C17H16FNO3. The highest BCUT2D eigenvalue weighted by molar-refractivity contribution is 5.91. The Morgan fingerprint density at radius 3 is 2.82 bits per heavy atom. The fourth-order valence-corrected chi connectivity index (χ4v) is 2.33. The first-order chi connectivity index (χ1) is 10.6. The molecule has 0 aliphatic carbocycles. The van der Waals surface area contributed by atoms with Crippen molar-refractivity contribution in [1.82, 2.24) is 0 Å². The molecule has 2 aromatic rings. The molecule has 1 amide bonds. The SMILES string of the molecule is Cc1cc(F)ccc1NC(=O)CCc1ccc2c(c1)OCO2. The van der Waals surface area contributed by atoms with Crippen LogP contribution in [0.2, 0.25) is 0 Å². The number of fused-ring (bicyclic) bond motifs is 1. The number of nitrogens with one attached hydrogen (secondary N) is 1. The summed E-state index contributed by atoms with van der Waals surface area (Å²) in [7, 11) is 0. The van der Waals surface area contributed by atoms with E-state index in [1.165, 1.54) is 12.1 Å². The molecular weight excluding hydrogens is 285 g/mol. The molecule has 0 aromatic heterocycles. The highest BCUT2D eigenvalue weighted by atomic mass is 19.1. The molecule has 22 heavy (non-hydrogen) atoms. The predicted molar refractivity (Wildman–Crippen MR) is 80.7 cm³/mol. The summed E-state index contributed by atoms with van der Waals surface area (Å²) < 4.78 is 23.6. The number of ether oxygens (including phenoxy) is 2. The highest BCUT2D eigenvalue weighted by Gasteiger charge is 2.13. The third-order valence-electron chi connectivity index (χ3n) is 3.54. The molecule has 0 bridgehead atoms. The minimum Gasteiger partial charge on any atom is -0.454 e. The zero-order valence-corrected chi connectivity index (χ0v) is 12.2. The zero-order valence-electron chi connectivity index (χ0n) is 12.2. The molecule has 0 saturated heterocycles. The Kier molecular flexibility index (Phi) is 3.96. The van der Waals surface area contributed by atoms with Gasteiger partial charge in [-0.25, -0.2) is 4.39 Å². The number of anilines is 1. The largest absolute Gasteiger partial charge is 0.454 e. The molecule has 3 rings (SSSR count). The summed E-state index contributed by atoms with van der Waals surface area (Å²) in [6.45, 7) is 2.00. The Bertz CT molecular complexity index is 715. The van der Waals surface area contributed by atoms with Gasteiger partial charge in [-0.05, 0) is 54.8 Å². The molecule has 114 valence electrons. The molecule has 0 unspecified atom stereocenters. The normalized spacial score (nSPS) is 12.3. The average Bonchev–Trinajstić information content (AvgIpc) is 2.95. The van der Waals surface area contributed by atoms with Crippen LogP contribution in [0.1, 0.15) is 17.5 Å². The van der Waals surface area contributed by atoms with Crippen molar-refractivity contribution in [3.05, 3.63) is 53.3 Å². The summed E-state index contributed by atoms with van der Waals surface area (Å²) >= 11 is 0. The predicted octanol–water partition coefficient (Wildman–Crippen LogP) is 3.43. The van der Waals surface area contributed by atoms with E-state index in [9.17, 15) is 9.18 Å². The van der Waals surface area contributed by atoms with E-state index in [1.54, 1.807) is 13.0 Å². The van der Waals surface area contributed by atoms with E-state index in [-0.39, 0.29) is 18.5 Å². The van der Waals surface area contributed by atoms with E-state index >= 15 is 0 Å². The summed E-state index contributed by atoms with van der Waals surface area (Å²) in [5.74, 6) is 1.03. The summed E-state index contributed by atoms with van der Waals surface area (Å²) in [5.41, 5.74) is 2.35. The van der Waals surface area contributed by atoms with Crippen LogP contribution in [0.3, 0.4) is 0 Å². The van der Waals surface area contributed by atoms with Gasteiger partial charge in [-0.3, -0.25) is 4.79 Å². The number of aryl methyl sites for hydroxylation is 2. The number of hydrogen-bond acceptors (Lipinski definition) is 3. The van der Waals surface area contributed by atoms with Gasteiger partial charge in [0.25, 0.3) is 0 Å². The quantitative estimate of drug-likeness (QED) is 0.941. The molecule has 0 saturated carbocycles. The van der Waals surface area contributed by atoms with E-state index in [4.69, 9.17) is 9.47 Å². The van der Waals surface area contributed by atoms with Crippen LogP contribution in [-0.2, 0) is 11.2 Å². The van der Waals surface area contributed by atoms with Gasteiger partial charge in [0.1, 0.15) is 5.82 Å². The molecule has 0 spiro atoms. The number of carbonyl (C=O) groups excluding carboxylic acids is 1. The molecule has 0 atom stereocenters. The molecule has 1 N–H and O–H groups in total. The second-order valence-corrected chi connectivity index (χ2v) is 5.20. The minimum absolute atomic E-state index is 0.104. The lowest BCUT2D eigenvalue weighted by Gasteiger charge is -2.08. The van der Waals surface area contributed by atoms with E-state index in [2.05, 4.69) is 5.32 Å². The zero-order chi connectivity index (χ0) is 15.5. The summed E-state index contributed by atoms with van der Waals surface area (Å²) in [5, 5.41) is 2.80. The van der Waals surface area contributed by atoms with Gasteiger partial charge in [0.15, 0.2) is 11.5 Å². The second-order valence-electron chi connectivity index (χ2n) is 5.20. The Morgan fingerprint density at radius 1 is 1.18 bits per heavy atom. The van der Waals surface area contributed by atoms with Gasteiger partial charge in [0.05, 0.1) is 0 Å². The number of carbonyl (C=O) groups is 1. The minimum atomic E-state index is -0.309. The summed E-state index contributed by atoms with van der Waals surface area (Å²) in [6, 6.07) is 9.96. The van der Waals surface area contributed by atoms with E-state index in [1.807, 2.05) is 18.2 Å². The number of rotatable bonds is 4. The van der Waals surface area contributed by atoms with Crippen LogP contribution < -0.4 is 14.8 Å². The van der Waals surface area contributed by atoms with E-state index in [0.717, 1.165) is 11.3 Å². The molecule has 5 heteroatoms. The maximum atomic E-state index is 13.0. The molecule has 2 aromatic carbocycles. The van der Waals surface area contributed by atoms with Crippen LogP contribution in [0.4, 0.5) is 10.1 Å². The average molecular weight is 301 g/mol. The maximum Gasteiger partial charge on any atom is 0.231 e. The first-order valence-corrected chi connectivity index (χ1v) is 7.06. The Hall–Kier alpha value is -2.56. The standard InChI is InChI=1S/C17H16FNO3/c1-11-8-13(18)4-5-14(11)19-17(20)7-3-12-2-6-15-16(9-12)22-10-21-15/h2,4-6,8-9H,3,7,10H2,1H3,(H,19,20). The Morgan fingerprint density at radius 2 is 2.00 bits per heavy atom. The number of halogens is 1. The molecule has 0 radical (unpaired) electrons. The van der Waals surface area contributed by atoms with Crippen LogP contribution in [0.15, 0.2) is 36.4 Å². The molecule has 0 fully saturated rings. The summed E-state index contributed by atoms with van der Waals surface area (Å²) in [4.78, 5) is 12.0. The third-order valence-corrected chi connectivity index (χ3v) is 3.54. The van der Waals surface area contributed by atoms with Crippen molar-refractivity contribution >= 4 is 11.6 Å². The van der Waals surface area contributed by atoms with Gasteiger partial charge in [-0.15, -0.1) is 0 Å². The molecule has 1 heterocycles. The van der Waals surface area contributed by atoms with Gasteiger partial charge in [-0.2, -0.15) is 0 Å². The van der Waals surface area contributed by atoms with E-state index in [0.29, 0.717) is 29.8 Å². The first-order valence-electron chi connectivity index (χ1n) is 7.06. The second kappa shape index (κ2) is 6.05. The smallest absolute Gasteiger partial charge is 0.231 e. The monoisotopic (exact) mass is 301 g/mol. The molecule has 4 nitrogen and oxygen atoms in total. The number of benzene rings is 2. The van der Waals surface area contributed by atoms with Gasteiger partial charge in [0, 0.05) is 12.1 Å². The van der Waals surface area contributed by atoms with Crippen molar-refractivity contribution < 1.29 is 18.7 Å². The Labute approximate surface area is 127 Å². The maximum absolute atomic E-state index is 13.0. The Balaban J connectivity index is 1.58. The van der Waals surface area contributed by atoms with Crippen molar-refractivity contribution in [3.8, 4) is 11.5 Å². The number of hydrogen-bond donors (Lipinski definition) is 1. The van der Waals surface area contributed by atoms with Gasteiger partial charge >= 0.3 is 0 Å². The fraction of sp³-hybridized carbons (Fsp3) is 0.235. The fourth-order valence-electron chi connectivity index (χ4n) is 2.33. The van der Waals surface area contributed by atoms with Crippen molar-refractivity contribution in [2.45, 2.75) is 19.8 Å². The van der Waals surface area contributed by atoms with Crippen molar-refractivity contribution in [2.75, 3.05) is 12.1 Å². The first kappa shape index (κ1) is 14.4.